The Morgan fingerprint density at radius 3 is 2.18 bits per heavy atom. The van der Waals surface area contributed by atoms with Crippen LogP contribution in [0.3, 0.4) is 0 Å². The first-order valence-corrected chi connectivity index (χ1v) is 9.91. The Balaban J connectivity index is 1.40. The molecule has 0 aromatic heterocycles. The summed E-state index contributed by atoms with van der Waals surface area (Å²) < 4.78 is 13.6. The van der Waals surface area contributed by atoms with Crippen LogP contribution in [0.1, 0.15) is 36.8 Å². The molecule has 1 fully saturated rings. The summed E-state index contributed by atoms with van der Waals surface area (Å²) in [6.07, 6.45) is 3.31. The number of amides is 2. The van der Waals surface area contributed by atoms with Gasteiger partial charge in [0.05, 0.1) is 0 Å². The smallest absolute Gasteiger partial charge is 0.227 e. The molecule has 1 aliphatic carbocycles. The number of rotatable bonds is 6. The van der Waals surface area contributed by atoms with Gasteiger partial charge in [-0.2, -0.15) is 0 Å². The quantitative estimate of drug-likeness (QED) is 0.785. The van der Waals surface area contributed by atoms with Crippen LogP contribution in [0.15, 0.2) is 48.5 Å². The third kappa shape index (κ3) is 5.41. The first kappa shape index (κ1) is 20.1. The lowest BCUT2D eigenvalue weighted by Crippen LogP contribution is -2.36. The van der Waals surface area contributed by atoms with Crippen molar-refractivity contribution >= 4 is 17.5 Å². The molecule has 0 heterocycles. The van der Waals surface area contributed by atoms with E-state index in [-0.39, 0.29) is 29.5 Å². The van der Waals surface area contributed by atoms with E-state index < -0.39 is 0 Å². The van der Waals surface area contributed by atoms with Crippen molar-refractivity contribution in [2.75, 3.05) is 11.9 Å². The molecule has 2 amide bonds. The zero-order valence-electron chi connectivity index (χ0n) is 16.2. The maximum atomic E-state index is 13.6. The second-order valence-corrected chi connectivity index (χ2v) is 7.54. The summed E-state index contributed by atoms with van der Waals surface area (Å²) in [5.74, 6) is -0.319. The highest BCUT2D eigenvalue weighted by Gasteiger charge is 2.29. The van der Waals surface area contributed by atoms with Crippen molar-refractivity contribution in [2.24, 2.45) is 11.8 Å². The first-order valence-electron chi connectivity index (χ1n) is 9.91. The molecule has 0 radical (unpaired) electrons. The van der Waals surface area contributed by atoms with E-state index in [0.29, 0.717) is 44.2 Å². The summed E-state index contributed by atoms with van der Waals surface area (Å²) in [5.41, 5.74) is 2.57. The van der Waals surface area contributed by atoms with Gasteiger partial charge in [0.15, 0.2) is 0 Å². The van der Waals surface area contributed by atoms with E-state index in [0.717, 1.165) is 11.3 Å². The number of anilines is 1. The van der Waals surface area contributed by atoms with Crippen molar-refractivity contribution in [3.8, 4) is 0 Å². The van der Waals surface area contributed by atoms with E-state index in [1.165, 1.54) is 6.07 Å². The molecule has 1 saturated carbocycles. The number of benzene rings is 2. The van der Waals surface area contributed by atoms with E-state index in [9.17, 15) is 14.0 Å². The van der Waals surface area contributed by atoms with Gasteiger partial charge >= 0.3 is 0 Å². The molecule has 0 bridgehead atoms. The summed E-state index contributed by atoms with van der Waals surface area (Å²) in [6.45, 7) is 2.43. The molecule has 1 aliphatic rings. The number of hydrogen-bond acceptors (Lipinski definition) is 2. The number of carbonyl (C=O) groups is 2. The van der Waals surface area contributed by atoms with Crippen LogP contribution in [0.4, 0.5) is 10.1 Å². The highest BCUT2D eigenvalue weighted by atomic mass is 19.1. The highest BCUT2D eigenvalue weighted by molar-refractivity contribution is 5.92. The first-order chi connectivity index (χ1) is 13.5. The molecule has 2 aromatic carbocycles. The SMILES string of the molecule is Cc1ccc(NC(=O)C2CCC(C(=O)NCCc3ccccc3F)CC2)cc1. The Morgan fingerprint density at radius 2 is 1.54 bits per heavy atom. The fraction of sp³-hybridized carbons (Fsp3) is 0.391. The van der Waals surface area contributed by atoms with Gasteiger partial charge in [-0.1, -0.05) is 35.9 Å². The maximum Gasteiger partial charge on any atom is 0.227 e. The molecule has 148 valence electrons. The fourth-order valence-corrected chi connectivity index (χ4v) is 3.66. The Hall–Kier alpha value is -2.69. The van der Waals surface area contributed by atoms with Gasteiger partial charge in [0.1, 0.15) is 5.82 Å². The molecule has 5 heteroatoms. The van der Waals surface area contributed by atoms with E-state index in [4.69, 9.17) is 0 Å². The summed E-state index contributed by atoms with van der Waals surface area (Å²) in [7, 11) is 0. The Morgan fingerprint density at radius 1 is 0.929 bits per heavy atom. The number of nitrogens with one attached hydrogen (secondary N) is 2. The van der Waals surface area contributed by atoms with Crippen LogP contribution >= 0.6 is 0 Å². The third-order valence-electron chi connectivity index (χ3n) is 5.44. The van der Waals surface area contributed by atoms with Crippen LogP contribution in [-0.4, -0.2) is 18.4 Å². The molecule has 0 atom stereocenters. The average molecular weight is 382 g/mol. The summed E-state index contributed by atoms with van der Waals surface area (Å²) in [4.78, 5) is 24.8. The molecule has 2 N–H and O–H groups in total. The normalized spacial score (nSPS) is 19.1. The molecule has 28 heavy (non-hydrogen) atoms. The lowest BCUT2D eigenvalue weighted by molar-refractivity contribution is -0.128. The predicted molar refractivity (Wildman–Crippen MR) is 108 cm³/mol. The van der Waals surface area contributed by atoms with Gasteiger partial charge < -0.3 is 10.6 Å². The molecular weight excluding hydrogens is 355 g/mol. The third-order valence-corrected chi connectivity index (χ3v) is 5.44. The summed E-state index contributed by atoms with van der Waals surface area (Å²) in [5, 5.41) is 5.88. The van der Waals surface area contributed by atoms with Crippen molar-refractivity contribution in [2.45, 2.75) is 39.0 Å². The summed E-state index contributed by atoms with van der Waals surface area (Å²) in [6, 6.07) is 14.4. The fourth-order valence-electron chi connectivity index (χ4n) is 3.66. The lowest BCUT2D eigenvalue weighted by atomic mass is 9.81. The molecule has 4 nitrogen and oxygen atoms in total. The number of halogens is 1. The van der Waals surface area contributed by atoms with E-state index in [2.05, 4.69) is 10.6 Å². The van der Waals surface area contributed by atoms with Crippen LogP contribution in [0, 0.1) is 24.6 Å². The average Bonchev–Trinajstić information content (AvgIpc) is 2.71. The van der Waals surface area contributed by atoms with Gasteiger partial charge in [0, 0.05) is 24.1 Å². The lowest BCUT2D eigenvalue weighted by Gasteiger charge is -2.27. The number of hydrogen-bond donors (Lipinski definition) is 2. The van der Waals surface area contributed by atoms with Crippen LogP contribution in [0.5, 0.6) is 0 Å². The van der Waals surface area contributed by atoms with E-state index in [1.807, 2.05) is 31.2 Å². The molecule has 2 aromatic rings. The Kier molecular flexibility index (Phi) is 6.80. The van der Waals surface area contributed by atoms with Crippen molar-refractivity contribution < 1.29 is 14.0 Å². The van der Waals surface area contributed by atoms with Crippen LogP contribution in [0.2, 0.25) is 0 Å². The van der Waals surface area contributed by atoms with Crippen molar-refractivity contribution in [1.29, 1.82) is 0 Å². The monoisotopic (exact) mass is 382 g/mol. The molecule has 3 rings (SSSR count). The topological polar surface area (TPSA) is 58.2 Å². The molecule has 0 saturated heterocycles. The van der Waals surface area contributed by atoms with Gasteiger partial charge in [-0.3, -0.25) is 9.59 Å². The molecule has 0 unspecified atom stereocenters. The van der Waals surface area contributed by atoms with Crippen LogP contribution < -0.4 is 10.6 Å². The molecular formula is C23H27FN2O2. The highest BCUT2D eigenvalue weighted by Crippen LogP contribution is 2.30. The zero-order valence-corrected chi connectivity index (χ0v) is 16.2. The minimum atomic E-state index is -0.239. The largest absolute Gasteiger partial charge is 0.356 e. The second-order valence-electron chi connectivity index (χ2n) is 7.54. The standard InChI is InChI=1S/C23H27FN2O2/c1-16-6-12-20(13-7-16)26-23(28)19-10-8-18(9-11-19)22(27)25-15-14-17-4-2-3-5-21(17)24/h2-7,12-13,18-19H,8-11,14-15H2,1H3,(H,25,27)(H,26,28). The minimum absolute atomic E-state index is 0.00809. The van der Waals surface area contributed by atoms with E-state index in [1.54, 1.807) is 18.2 Å². The van der Waals surface area contributed by atoms with Crippen LogP contribution in [-0.2, 0) is 16.0 Å². The van der Waals surface area contributed by atoms with Gasteiger partial charge in [-0.05, 0) is 62.8 Å². The van der Waals surface area contributed by atoms with Gasteiger partial charge in [-0.15, -0.1) is 0 Å². The summed E-state index contributed by atoms with van der Waals surface area (Å²) >= 11 is 0. The molecule has 0 spiro atoms. The van der Waals surface area contributed by atoms with Gasteiger partial charge in [0.2, 0.25) is 11.8 Å². The molecule has 0 aliphatic heterocycles. The predicted octanol–water partition coefficient (Wildman–Crippen LogP) is 4.24. The van der Waals surface area contributed by atoms with Crippen molar-refractivity contribution in [3.63, 3.8) is 0 Å². The number of carbonyl (C=O) groups excluding carboxylic acids is 2. The van der Waals surface area contributed by atoms with Crippen molar-refractivity contribution in [1.82, 2.24) is 5.32 Å². The minimum Gasteiger partial charge on any atom is -0.356 e. The van der Waals surface area contributed by atoms with Gasteiger partial charge in [0.25, 0.3) is 0 Å². The van der Waals surface area contributed by atoms with E-state index >= 15 is 0 Å². The second kappa shape index (κ2) is 9.49. The van der Waals surface area contributed by atoms with Gasteiger partial charge in [-0.25, -0.2) is 4.39 Å². The Bertz CT molecular complexity index is 812. The maximum absolute atomic E-state index is 13.6. The number of aryl methyl sites for hydroxylation is 1. The van der Waals surface area contributed by atoms with Crippen LogP contribution in [0.25, 0.3) is 0 Å². The zero-order chi connectivity index (χ0) is 19.9. The van der Waals surface area contributed by atoms with Crippen molar-refractivity contribution in [3.05, 3.63) is 65.5 Å². The Labute approximate surface area is 165 Å².